The summed E-state index contributed by atoms with van der Waals surface area (Å²) in [4.78, 5) is 10.6. The molecule has 25 heavy (non-hydrogen) atoms. The van der Waals surface area contributed by atoms with Crippen LogP contribution in [0.3, 0.4) is 0 Å². The molecule has 0 fully saturated rings. The van der Waals surface area contributed by atoms with Crippen LogP contribution in [0.5, 0.6) is 0 Å². The summed E-state index contributed by atoms with van der Waals surface area (Å²) in [5.41, 5.74) is 7.47. The first-order chi connectivity index (χ1) is 11.8. The molecular formula is C20H36N2O3. The van der Waals surface area contributed by atoms with Gasteiger partial charge in [0.25, 0.3) is 6.47 Å². The Morgan fingerprint density at radius 1 is 1.24 bits per heavy atom. The Morgan fingerprint density at radius 3 is 2.32 bits per heavy atom. The van der Waals surface area contributed by atoms with Crippen LogP contribution < -0.4 is 5.73 Å². The van der Waals surface area contributed by atoms with Crippen LogP contribution in [0.15, 0.2) is 30.3 Å². The minimum Gasteiger partial charge on any atom is -0.483 e. The number of nitrogens with zero attached hydrogens (tertiary/aromatic N) is 1. The Labute approximate surface area is 152 Å². The van der Waals surface area contributed by atoms with Gasteiger partial charge in [0.05, 0.1) is 6.10 Å². The van der Waals surface area contributed by atoms with E-state index in [0.29, 0.717) is 13.0 Å². The summed E-state index contributed by atoms with van der Waals surface area (Å²) in [5, 5.41) is 17.3. The van der Waals surface area contributed by atoms with E-state index in [1.165, 1.54) is 24.8 Å². The van der Waals surface area contributed by atoms with Crippen molar-refractivity contribution in [2.75, 3.05) is 13.6 Å². The average Bonchev–Trinajstić information content (AvgIpc) is 2.56. The Morgan fingerprint density at radius 2 is 1.80 bits per heavy atom. The number of hydrogen-bond acceptors (Lipinski definition) is 4. The molecule has 144 valence electrons. The first-order valence-corrected chi connectivity index (χ1v) is 9.05. The molecule has 0 aliphatic heterocycles. The highest BCUT2D eigenvalue weighted by molar-refractivity contribution is 5.32. The molecule has 4 N–H and O–H groups in total. The molecule has 5 heteroatoms. The van der Waals surface area contributed by atoms with E-state index >= 15 is 0 Å². The maximum Gasteiger partial charge on any atom is 0.290 e. The molecule has 0 saturated heterocycles. The summed E-state index contributed by atoms with van der Waals surface area (Å²) in [6.45, 7) is 7.09. The lowest BCUT2D eigenvalue weighted by Gasteiger charge is -2.38. The van der Waals surface area contributed by atoms with Crippen molar-refractivity contribution in [1.29, 1.82) is 0 Å². The molecule has 0 amide bonds. The number of unbranched alkanes of at least 4 members (excludes halogenated alkanes) is 2. The zero-order valence-electron chi connectivity index (χ0n) is 16.2. The van der Waals surface area contributed by atoms with Crippen LogP contribution in [0.1, 0.15) is 52.0 Å². The summed E-state index contributed by atoms with van der Waals surface area (Å²) in [6, 6.07) is 9.92. The zero-order chi connectivity index (χ0) is 19.3. The minimum absolute atomic E-state index is 0.0998. The second kappa shape index (κ2) is 12.9. The maximum absolute atomic E-state index is 10.4. The highest BCUT2D eigenvalue weighted by atomic mass is 16.3. The summed E-state index contributed by atoms with van der Waals surface area (Å²) < 4.78 is 0. The molecule has 5 nitrogen and oxygen atoms in total. The molecule has 1 rings (SSSR count). The lowest BCUT2D eigenvalue weighted by Crippen LogP contribution is -2.50. The smallest absolute Gasteiger partial charge is 0.290 e. The Kier molecular flexibility index (Phi) is 12.1. The van der Waals surface area contributed by atoms with Crippen LogP contribution in [-0.4, -0.2) is 52.9 Å². The maximum atomic E-state index is 10.4. The third-order valence-electron chi connectivity index (χ3n) is 4.69. The van der Waals surface area contributed by atoms with Crippen molar-refractivity contribution >= 4 is 6.47 Å². The van der Waals surface area contributed by atoms with Gasteiger partial charge in [0.15, 0.2) is 0 Å². The molecule has 0 aliphatic carbocycles. The largest absolute Gasteiger partial charge is 0.483 e. The number of likely N-dealkylation sites (N-methyl/N-ethyl adjacent to an activating group) is 1. The monoisotopic (exact) mass is 352 g/mol. The van der Waals surface area contributed by atoms with Crippen LogP contribution in [0.25, 0.3) is 0 Å². The average molecular weight is 353 g/mol. The van der Waals surface area contributed by atoms with E-state index in [1.807, 2.05) is 18.2 Å². The number of nitrogens with two attached hydrogens (primary N) is 1. The van der Waals surface area contributed by atoms with Gasteiger partial charge in [-0.05, 0) is 39.3 Å². The number of aliphatic hydroxyl groups excluding tert-OH is 1. The van der Waals surface area contributed by atoms with Gasteiger partial charge in [-0.25, -0.2) is 0 Å². The molecule has 1 aromatic rings. The Hall–Kier alpha value is -1.43. The number of carboxylic acid groups (broad SMARTS) is 1. The van der Waals surface area contributed by atoms with E-state index in [9.17, 15) is 5.11 Å². The van der Waals surface area contributed by atoms with Gasteiger partial charge in [-0.1, -0.05) is 56.5 Å². The van der Waals surface area contributed by atoms with Gasteiger partial charge >= 0.3 is 0 Å². The van der Waals surface area contributed by atoms with E-state index in [1.54, 1.807) is 0 Å². The lowest BCUT2D eigenvalue weighted by atomic mass is 9.93. The molecule has 0 unspecified atom stereocenters. The van der Waals surface area contributed by atoms with E-state index in [2.05, 4.69) is 44.9 Å². The second-order valence-electron chi connectivity index (χ2n) is 7.18. The van der Waals surface area contributed by atoms with Crippen LogP contribution >= 0.6 is 0 Å². The van der Waals surface area contributed by atoms with Crippen molar-refractivity contribution in [3.63, 3.8) is 0 Å². The van der Waals surface area contributed by atoms with Gasteiger partial charge in [0, 0.05) is 18.1 Å². The Balaban J connectivity index is 0.00000178. The van der Waals surface area contributed by atoms with Crippen LogP contribution in [-0.2, 0) is 11.2 Å². The first-order valence-electron chi connectivity index (χ1n) is 9.05. The standard InChI is InChI=1S/C19H34N2O.CH2O2/c1-5-6-10-13-19(2,3)21(4)15-18(22)17(20)14-16-11-8-7-9-12-16;2-1-3/h7-9,11-12,17-18,22H,5-6,10,13-15,20H2,1-4H3;1H,(H,2,3)/t17-,18+;/m0./s1. The highest BCUT2D eigenvalue weighted by Gasteiger charge is 2.26. The number of aliphatic hydroxyl groups is 1. The summed E-state index contributed by atoms with van der Waals surface area (Å²) in [5.74, 6) is 0. The lowest BCUT2D eigenvalue weighted by molar-refractivity contribution is -0.122. The number of benzene rings is 1. The number of carbonyl (C=O) groups is 1. The fraction of sp³-hybridized carbons (Fsp3) is 0.650. The molecule has 0 bridgehead atoms. The van der Waals surface area contributed by atoms with Crippen LogP contribution in [0, 0.1) is 0 Å². The minimum atomic E-state index is -0.504. The van der Waals surface area contributed by atoms with Gasteiger partial charge in [0.2, 0.25) is 0 Å². The molecule has 0 spiro atoms. The van der Waals surface area contributed by atoms with Gasteiger partial charge in [-0.3, -0.25) is 9.69 Å². The molecule has 2 atom stereocenters. The fourth-order valence-electron chi connectivity index (χ4n) is 2.68. The van der Waals surface area contributed by atoms with E-state index in [-0.39, 0.29) is 18.1 Å². The Bertz CT molecular complexity index is 452. The summed E-state index contributed by atoms with van der Waals surface area (Å²) in [6.07, 6.45) is 5.11. The van der Waals surface area contributed by atoms with Crippen molar-refractivity contribution in [1.82, 2.24) is 4.90 Å². The molecule has 0 aromatic heterocycles. The van der Waals surface area contributed by atoms with Gasteiger partial charge < -0.3 is 15.9 Å². The topological polar surface area (TPSA) is 86.8 Å². The van der Waals surface area contributed by atoms with E-state index in [0.717, 1.165) is 6.42 Å². The normalized spacial score (nSPS) is 13.7. The SMILES string of the molecule is CCCCCC(C)(C)N(C)C[C@@H](O)[C@@H](N)Cc1ccccc1.O=CO. The van der Waals surface area contributed by atoms with Crippen molar-refractivity contribution in [2.24, 2.45) is 5.73 Å². The van der Waals surface area contributed by atoms with Crippen molar-refractivity contribution in [3.05, 3.63) is 35.9 Å². The van der Waals surface area contributed by atoms with Crippen molar-refractivity contribution in [3.8, 4) is 0 Å². The van der Waals surface area contributed by atoms with Crippen LogP contribution in [0.2, 0.25) is 0 Å². The fourth-order valence-corrected chi connectivity index (χ4v) is 2.68. The van der Waals surface area contributed by atoms with Gasteiger partial charge in [-0.2, -0.15) is 0 Å². The predicted molar refractivity (Wildman–Crippen MR) is 104 cm³/mol. The molecule has 0 radical (unpaired) electrons. The molecule has 0 saturated carbocycles. The van der Waals surface area contributed by atoms with E-state index < -0.39 is 6.10 Å². The predicted octanol–water partition coefficient (Wildman–Crippen LogP) is 2.91. The molecule has 0 heterocycles. The molecular weight excluding hydrogens is 316 g/mol. The zero-order valence-corrected chi connectivity index (χ0v) is 16.2. The number of hydrogen-bond donors (Lipinski definition) is 3. The molecule has 0 aliphatic rings. The van der Waals surface area contributed by atoms with Gasteiger partial charge in [0.1, 0.15) is 0 Å². The highest BCUT2D eigenvalue weighted by Crippen LogP contribution is 2.21. The number of rotatable bonds is 10. The van der Waals surface area contributed by atoms with Crippen molar-refractivity contribution in [2.45, 2.75) is 70.6 Å². The number of β-amino-alcohol motifs (C(OH)–C–C–N with tert-alkyl or cyclic N) is 1. The van der Waals surface area contributed by atoms with Crippen molar-refractivity contribution < 1.29 is 15.0 Å². The first kappa shape index (κ1) is 23.6. The molecule has 1 aromatic carbocycles. The third kappa shape index (κ3) is 10.2. The quantitative estimate of drug-likeness (QED) is 0.445. The van der Waals surface area contributed by atoms with E-state index in [4.69, 9.17) is 15.6 Å². The van der Waals surface area contributed by atoms with Gasteiger partial charge in [-0.15, -0.1) is 0 Å². The summed E-state index contributed by atoms with van der Waals surface area (Å²) >= 11 is 0. The van der Waals surface area contributed by atoms with Crippen LogP contribution in [0.4, 0.5) is 0 Å². The summed E-state index contributed by atoms with van der Waals surface area (Å²) in [7, 11) is 2.09. The second-order valence-corrected chi connectivity index (χ2v) is 7.18. The third-order valence-corrected chi connectivity index (χ3v) is 4.69.